The van der Waals surface area contributed by atoms with Gasteiger partial charge in [0.2, 0.25) is 0 Å². The van der Waals surface area contributed by atoms with Crippen LogP contribution >= 0.6 is 24.0 Å². The van der Waals surface area contributed by atoms with Crippen LogP contribution in [0.15, 0.2) is 29.4 Å². The minimum absolute atomic E-state index is 0. The second-order valence-electron chi connectivity index (χ2n) is 7.67. The molecule has 0 bridgehead atoms. The Morgan fingerprint density at radius 3 is 2.85 bits per heavy atom. The van der Waals surface area contributed by atoms with Crippen LogP contribution in [-0.2, 0) is 6.42 Å². The maximum atomic E-state index is 4.53. The van der Waals surface area contributed by atoms with Gasteiger partial charge in [0.15, 0.2) is 5.96 Å². The lowest BCUT2D eigenvalue weighted by molar-refractivity contribution is 0.249. The van der Waals surface area contributed by atoms with Crippen molar-refractivity contribution in [1.82, 2.24) is 20.1 Å². The second kappa shape index (κ2) is 9.28. The molecule has 1 aromatic heterocycles. The summed E-state index contributed by atoms with van der Waals surface area (Å²) in [5, 5.41) is 4.93. The van der Waals surface area contributed by atoms with Crippen LogP contribution in [0.4, 0.5) is 0 Å². The van der Waals surface area contributed by atoms with E-state index in [4.69, 9.17) is 0 Å². The Labute approximate surface area is 179 Å². The van der Waals surface area contributed by atoms with E-state index >= 15 is 0 Å². The summed E-state index contributed by atoms with van der Waals surface area (Å²) in [5.41, 5.74) is 3.95. The van der Waals surface area contributed by atoms with Crippen molar-refractivity contribution in [2.24, 2.45) is 4.99 Å². The first-order valence-corrected chi connectivity index (χ1v) is 10.0. The van der Waals surface area contributed by atoms with Crippen LogP contribution in [0.3, 0.4) is 0 Å². The fourth-order valence-corrected chi connectivity index (χ4v) is 4.55. The molecule has 2 aliphatic rings. The number of nitrogens with one attached hydrogen (secondary N) is 2. The average Bonchev–Trinajstić information content (AvgIpc) is 3.39. The number of H-pyrrole nitrogens is 1. The molecule has 2 N–H and O–H groups in total. The summed E-state index contributed by atoms with van der Waals surface area (Å²) in [5.74, 6) is 1.06. The highest BCUT2D eigenvalue weighted by Gasteiger charge is 2.30. The zero-order valence-corrected chi connectivity index (χ0v) is 18.8. The monoisotopic (exact) mass is 481 g/mol. The Morgan fingerprint density at radius 1 is 1.26 bits per heavy atom. The minimum Gasteiger partial charge on any atom is -0.361 e. The molecule has 0 aliphatic carbocycles. The first-order chi connectivity index (χ1) is 12.8. The maximum absolute atomic E-state index is 4.53. The Balaban J connectivity index is 0.00000210. The van der Waals surface area contributed by atoms with Gasteiger partial charge >= 0.3 is 0 Å². The lowest BCUT2D eigenvalue weighted by Gasteiger charge is -2.25. The molecule has 3 heterocycles. The number of fused-ring (bicyclic) bond motifs is 1. The molecule has 4 rings (SSSR count). The number of hydrogen-bond donors (Lipinski definition) is 2. The van der Waals surface area contributed by atoms with Crippen molar-refractivity contribution in [2.45, 2.75) is 38.6 Å². The largest absolute Gasteiger partial charge is 0.361 e. The van der Waals surface area contributed by atoms with Gasteiger partial charge in [0.1, 0.15) is 0 Å². The van der Waals surface area contributed by atoms with Crippen LogP contribution in [0, 0.1) is 6.92 Å². The second-order valence-corrected chi connectivity index (χ2v) is 7.67. The van der Waals surface area contributed by atoms with E-state index in [1.54, 1.807) is 0 Å². The first-order valence-electron chi connectivity index (χ1n) is 10.0. The molecule has 2 saturated heterocycles. The van der Waals surface area contributed by atoms with Gasteiger partial charge in [0.25, 0.3) is 0 Å². The van der Waals surface area contributed by atoms with Gasteiger partial charge in [-0.2, -0.15) is 0 Å². The molecule has 1 atom stereocenters. The van der Waals surface area contributed by atoms with Crippen LogP contribution in [-0.4, -0.2) is 66.6 Å². The van der Waals surface area contributed by atoms with Crippen LogP contribution < -0.4 is 5.32 Å². The minimum atomic E-state index is 0. The summed E-state index contributed by atoms with van der Waals surface area (Å²) in [6, 6.07) is 7.23. The van der Waals surface area contributed by atoms with Gasteiger partial charge in [0.05, 0.1) is 0 Å². The van der Waals surface area contributed by atoms with Gasteiger partial charge in [-0.1, -0.05) is 18.2 Å². The van der Waals surface area contributed by atoms with E-state index in [1.165, 1.54) is 54.4 Å². The van der Waals surface area contributed by atoms with E-state index in [0.29, 0.717) is 6.04 Å². The third-order valence-electron chi connectivity index (χ3n) is 6.02. The van der Waals surface area contributed by atoms with Gasteiger partial charge in [0, 0.05) is 49.8 Å². The van der Waals surface area contributed by atoms with Crippen LogP contribution in [0.2, 0.25) is 0 Å². The number of para-hydroxylation sites is 1. The first kappa shape index (κ1) is 20.5. The average molecular weight is 481 g/mol. The lowest BCUT2D eigenvalue weighted by atomic mass is 10.1. The van der Waals surface area contributed by atoms with Gasteiger partial charge in [-0.3, -0.25) is 9.89 Å². The molecular formula is C21H32IN5. The predicted molar refractivity (Wildman–Crippen MR) is 124 cm³/mol. The molecule has 1 aromatic carbocycles. The summed E-state index contributed by atoms with van der Waals surface area (Å²) in [7, 11) is 1.90. The molecule has 148 valence electrons. The third-order valence-corrected chi connectivity index (χ3v) is 6.02. The SMILES string of the molecule is CN=C(NCCc1c[nH]c2c(C)cccc12)N1CCC(N2CCCC2)C1.I. The summed E-state index contributed by atoms with van der Waals surface area (Å²) in [6.07, 6.45) is 7.16. The molecule has 0 amide bonds. The molecule has 2 fully saturated rings. The number of aromatic nitrogens is 1. The Morgan fingerprint density at radius 2 is 2.07 bits per heavy atom. The number of rotatable bonds is 4. The molecular weight excluding hydrogens is 449 g/mol. The molecule has 2 aromatic rings. The standard InChI is InChI=1S/C21H31N5.HI/c1-16-6-5-7-19-17(14-24-20(16)19)8-10-23-21(22-2)26-13-9-18(15-26)25-11-3-4-12-25;/h5-7,14,18,24H,3-4,8-13,15H2,1-2H3,(H,22,23);1H. The van der Waals surface area contributed by atoms with E-state index in [-0.39, 0.29) is 24.0 Å². The van der Waals surface area contributed by atoms with E-state index < -0.39 is 0 Å². The molecule has 0 radical (unpaired) electrons. The fourth-order valence-electron chi connectivity index (χ4n) is 4.55. The number of benzene rings is 1. The van der Waals surface area contributed by atoms with Gasteiger partial charge < -0.3 is 15.2 Å². The lowest BCUT2D eigenvalue weighted by Crippen LogP contribution is -2.43. The Bertz CT molecular complexity index is 778. The zero-order chi connectivity index (χ0) is 17.9. The third kappa shape index (κ3) is 4.42. The number of aromatic amines is 1. The molecule has 0 saturated carbocycles. The summed E-state index contributed by atoms with van der Waals surface area (Å²) < 4.78 is 0. The van der Waals surface area contributed by atoms with Crippen molar-refractivity contribution in [3.05, 3.63) is 35.5 Å². The van der Waals surface area contributed by atoms with E-state index in [0.717, 1.165) is 32.0 Å². The highest BCUT2D eigenvalue weighted by atomic mass is 127. The van der Waals surface area contributed by atoms with Gasteiger partial charge in [-0.05, 0) is 56.8 Å². The molecule has 27 heavy (non-hydrogen) atoms. The quantitative estimate of drug-likeness (QED) is 0.400. The topological polar surface area (TPSA) is 46.7 Å². The van der Waals surface area contributed by atoms with E-state index in [9.17, 15) is 0 Å². The van der Waals surface area contributed by atoms with E-state index in [1.807, 2.05) is 7.05 Å². The molecule has 0 spiro atoms. The van der Waals surface area contributed by atoms with Gasteiger partial charge in [-0.25, -0.2) is 0 Å². The number of halogens is 1. The molecule has 2 aliphatic heterocycles. The predicted octanol–water partition coefficient (Wildman–Crippen LogP) is 3.38. The van der Waals surface area contributed by atoms with Crippen molar-refractivity contribution < 1.29 is 0 Å². The highest BCUT2D eigenvalue weighted by molar-refractivity contribution is 14.0. The van der Waals surface area contributed by atoms with Crippen LogP contribution in [0.25, 0.3) is 10.9 Å². The van der Waals surface area contributed by atoms with Crippen molar-refractivity contribution in [2.75, 3.05) is 39.8 Å². The fraction of sp³-hybridized carbons (Fsp3) is 0.571. The molecule has 6 heteroatoms. The number of nitrogens with zero attached hydrogens (tertiary/aromatic N) is 3. The maximum Gasteiger partial charge on any atom is 0.193 e. The van der Waals surface area contributed by atoms with Crippen molar-refractivity contribution in [3.63, 3.8) is 0 Å². The summed E-state index contributed by atoms with van der Waals surface area (Å²) in [6.45, 7) is 7.87. The number of guanidine groups is 1. The summed E-state index contributed by atoms with van der Waals surface area (Å²) >= 11 is 0. The highest BCUT2D eigenvalue weighted by Crippen LogP contribution is 2.22. The van der Waals surface area contributed by atoms with Crippen molar-refractivity contribution >= 4 is 40.8 Å². The van der Waals surface area contributed by atoms with E-state index in [2.05, 4.69) is 56.4 Å². The number of hydrogen-bond acceptors (Lipinski definition) is 2. The Kier molecular flexibility index (Phi) is 7.03. The van der Waals surface area contributed by atoms with Crippen molar-refractivity contribution in [1.29, 1.82) is 0 Å². The van der Waals surface area contributed by atoms with Crippen LogP contribution in [0.5, 0.6) is 0 Å². The molecule has 1 unspecified atom stereocenters. The number of aryl methyl sites for hydroxylation is 1. The normalized spacial score (nSPS) is 21.0. The smallest absolute Gasteiger partial charge is 0.193 e. The zero-order valence-electron chi connectivity index (χ0n) is 16.5. The Hall–Kier alpha value is -1.28. The summed E-state index contributed by atoms with van der Waals surface area (Å²) in [4.78, 5) is 13.1. The van der Waals surface area contributed by atoms with Crippen LogP contribution in [0.1, 0.15) is 30.4 Å². The van der Waals surface area contributed by atoms with Gasteiger partial charge in [-0.15, -0.1) is 24.0 Å². The van der Waals surface area contributed by atoms with Crippen molar-refractivity contribution in [3.8, 4) is 0 Å². The number of likely N-dealkylation sites (tertiary alicyclic amines) is 2. The molecule has 5 nitrogen and oxygen atoms in total. The number of aliphatic imine (C=N–C) groups is 1.